The molecule has 146 valence electrons. The van der Waals surface area contributed by atoms with Gasteiger partial charge in [-0.2, -0.15) is 5.26 Å². The van der Waals surface area contributed by atoms with Gasteiger partial charge in [-0.25, -0.2) is 0 Å². The van der Waals surface area contributed by atoms with Crippen LogP contribution in [0, 0.1) is 11.3 Å². The summed E-state index contributed by atoms with van der Waals surface area (Å²) in [5.41, 5.74) is 2.65. The van der Waals surface area contributed by atoms with Crippen molar-refractivity contribution in [1.82, 2.24) is 0 Å². The van der Waals surface area contributed by atoms with E-state index in [0.717, 1.165) is 30.0 Å². The zero-order chi connectivity index (χ0) is 20.4. The summed E-state index contributed by atoms with van der Waals surface area (Å²) in [6, 6.07) is 14.9. The quantitative estimate of drug-likeness (QED) is 0.664. The van der Waals surface area contributed by atoms with E-state index in [9.17, 15) is 4.79 Å². The molecule has 1 amide bonds. The largest absolute Gasteiger partial charge is 0.493 e. The Labute approximate surface area is 166 Å². The Morgan fingerprint density at radius 2 is 1.86 bits per heavy atom. The maximum absolute atomic E-state index is 12.2. The molecule has 2 aromatic rings. The summed E-state index contributed by atoms with van der Waals surface area (Å²) in [6.07, 6.45) is 3.15. The number of nitrogens with zero attached hydrogens (tertiary/aromatic N) is 2. The number of ether oxygens (including phenoxy) is 2. The molecule has 0 fully saturated rings. The van der Waals surface area contributed by atoms with Gasteiger partial charge in [-0.3, -0.25) is 4.79 Å². The lowest BCUT2D eigenvalue weighted by Crippen LogP contribution is -2.21. The minimum Gasteiger partial charge on any atom is -0.493 e. The fourth-order valence-corrected chi connectivity index (χ4v) is 2.72. The van der Waals surface area contributed by atoms with Crippen molar-refractivity contribution in [3.63, 3.8) is 0 Å². The minimum absolute atomic E-state index is 0.0545. The number of carbonyl (C=O) groups excluding carboxylic acids is 1. The summed E-state index contributed by atoms with van der Waals surface area (Å²) in [5, 5.41) is 11.5. The van der Waals surface area contributed by atoms with Gasteiger partial charge < -0.3 is 19.7 Å². The molecule has 0 saturated carbocycles. The van der Waals surface area contributed by atoms with E-state index in [1.807, 2.05) is 30.3 Å². The number of nitriles is 1. The van der Waals surface area contributed by atoms with Gasteiger partial charge in [0.1, 0.15) is 6.07 Å². The van der Waals surface area contributed by atoms with Crippen LogP contribution in [-0.4, -0.2) is 32.7 Å². The average Bonchev–Trinajstić information content (AvgIpc) is 2.73. The van der Waals surface area contributed by atoms with Crippen LogP contribution in [0.1, 0.15) is 19.4 Å². The molecule has 2 rings (SSSR count). The molecule has 6 nitrogen and oxygen atoms in total. The van der Waals surface area contributed by atoms with Crippen LogP contribution >= 0.6 is 0 Å². The van der Waals surface area contributed by atoms with Crippen molar-refractivity contribution < 1.29 is 14.3 Å². The predicted octanol–water partition coefficient (Wildman–Crippen LogP) is 4.10. The first-order chi connectivity index (χ1) is 13.6. The molecule has 0 aromatic heterocycles. The van der Waals surface area contributed by atoms with Crippen molar-refractivity contribution in [2.24, 2.45) is 0 Å². The predicted molar refractivity (Wildman–Crippen MR) is 112 cm³/mol. The molecule has 28 heavy (non-hydrogen) atoms. The molecule has 0 aliphatic carbocycles. The van der Waals surface area contributed by atoms with Gasteiger partial charge in [-0.1, -0.05) is 6.07 Å². The highest BCUT2D eigenvalue weighted by molar-refractivity contribution is 6.02. The van der Waals surface area contributed by atoms with Gasteiger partial charge >= 0.3 is 0 Å². The van der Waals surface area contributed by atoms with E-state index >= 15 is 0 Å². The molecule has 0 bridgehead atoms. The monoisotopic (exact) mass is 379 g/mol. The van der Waals surface area contributed by atoms with Crippen molar-refractivity contribution in [2.45, 2.75) is 13.8 Å². The number of methoxy groups -OCH3 is 1. The van der Waals surface area contributed by atoms with Crippen LogP contribution in [0.25, 0.3) is 6.08 Å². The Hall–Kier alpha value is -3.46. The fourth-order valence-electron chi connectivity index (χ4n) is 2.72. The zero-order valence-electron chi connectivity index (χ0n) is 16.4. The molecule has 2 aromatic carbocycles. The Morgan fingerprint density at radius 3 is 2.46 bits per heavy atom. The third-order valence-corrected chi connectivity index (χ3v) is 4.17. The van der Waals surface area contributed by atoms with Crippen molar-refractivity contribution in [2.75, 3.05) is 37.0 Å². The second kappa shape index (κ2) is 10.6. The summed E-state index contributed by atoms with van der Waals surface area (Å²) in [7, 11) is 1.52. The molecular weight excluding hydrogens is 354 g/mol. The van der Waals surface area contributed by atoms with E-state index in [4.69, 9.17) is 14.7 Å². The summed E-state index contributed by atoms with van der Waals surface area (Å²) < 4.78 is 10.5. The number of anilines is 2. The third kappa shape index (κ3) is 5.78. The van der Waals surface area contributed by atoms with Gasteiger partial charge in [-0.15, -0.1) is 0 Å². The van der Waals surface area contributed by atoms with Gasteiger partial charge in [0.2, 0.25) is 5.91 Å². The normalized spacial score (nSPS) is 10.4. The minimum atomic E-state index is -0.223. The van der Waals surface area contributed by atoms with E-state index in [1.165, 1.54) is 13.2 Å². The molecule has 0 saturated heterocycles. The van der Waals surface area contributed by atoms with Gasteiger partial charge in [0.25, 0.3) is 0 Å². The van der Waals surface area contributed by atoms with Gasteiger partial charge in [0, 0.05) is 30.5 Å². The standard InChI is InChI=1S/C22H25N3O3/c1-4-25(5-2)19-10-8-18(9-11-19)24-22(26)13-7-17-6-12-20(28-15-14-23)21(16-17)27-3/h6-13,16H,4-5,15H2,1-3H3,(H,24,26)/b13-7+. The first-order valence-corrected chi connectivity index (χ1v) is 9.13. The molecule has 1 N–H and O–H groups in total. The van der Waals surface area contributed by atoms with Crippen LogP contribution in [0.3, 0.4) is 0 Å². The van der Waals surface area contributed by atoms with E-state index < -0.39 is 0 Å². The first-order valence-electron chi connectivity index (χ1n) is 9.13. The number of nitrogens with one attached hydrogen (secondary N) is 1. The summed E-state index contributed by atoms with van der Waals surface area (Å²) in [5.74, 6) is 0.767. The number of hydrogen-bond donors (Lipinski definition) is 1. The van der Waals surface area contributed by atoms with Crippen molar-refractivity contribution >= 4 is 23.4 Å². The lowest BCUT2D eigenvalue weighted by atomic mass is 10.2. The van der Waals surface area contributed by atoms with Crippen molar-refractivity contribution in [3.8, 4) is 17.6 Å². The van der Waals surface area contributed by atoms with Crippen molar-refractivity contribution in [3.05, 3.63) is 54.1 Å². The molecule has 0 aliphatic heterocycles. The number of hydrogen-bond acceptors (Lipinski definition) is 5. The molecule has 6 heteroatoms. The third-order valence-electron chi connectivity index (χ3n) is 4.17. The SMILES string of the molecule is CCN(CC)c1ccc(NC(=O)/C=C/c2ccc(OCC#N)c(OC)c2)cc1. The number of rotatable bonds is 9. The Bertz CT molecular complexity index is 850. The number of carbonyl (C=O) groups is 1. The molecule has 0 atom stereocenters. The molecule has 0 heterocycles. The topological polar surface area (TPSA) is 74.6 Å². The Morgan fingerprint density at radius 1 is 1.14 bits per heavy atom. The summed E-state index contributed by atoms with van der Waals surface area (Å²) >= 11 is 0. The summed E-state index contributed by atoms with van der Waals surface area (Å²) in [4.78, 5) is 14.4. The number of amides is 1. The van der Waals surface area contributed by atoms with E-state index in [2.05, 4.69) is 24.1 Å². The van der Waals surface area contributed by atoms with Crippen molar-refractivity contribution in [1.29, 1.82) is 5.26 Å². The average molecular weight is 379 g/mol. The first kappa shape index (κ1) is 20.8. The van der Waals surface area contributed by atoms with Crippen LogP contribution in [0.5, 0.6) is 11.5 Å². The fraction of sp³-hybridized carbons (Fsp3) is 0.273. The van der Waals surface area contributed by atoms with Crippen LogP contribution in [0.4, 0.5) is 11.4 Å². The number of benzene rings is 2. The zero-order valence-corrected chi connectivity index (χ0v) is 16.4. The Balaban J connectivity index is 2.00. The van der Waals surface area contributed by atoms with E-state index in [1.54, 1.807) is 24.3 Å². The summed E-state index contributed by atoms with van der Waals surface area (Å²) in [6.45, 7) is 6.05. The van der Waals surface area contributed by atoms with Gasteiger partial charge in [-0.05, 0) is 61.9 Å². The van der Waals surface area contributed by atoms with Crippen LogP contribution < -0.4 is 19.7 Å². The maximum Gasteiger partial charge on any atom is 0.248 e. The maximum atomic E-state index is 12.2. The second-order valence-electron chi connectivity index (χ2n) is 5.90. The second-order valence-corrected chi connectivity index (χ2v) is 5.90. The molecule has 0 radical (unpaired) electrons. The van der Waals surface area contributed by atoms with Gasteiger partial charge in [0.15, 0.2) is 18.1 Å². The Kier molecular flexibility index (Phi) is 7.92. The van der Waals surface area contributed by atoms with Gasteiger partial charge in [0.05, 0.1) is 7.11 Å². The van der Waals surface area contributed by atoms with E-state index in [0.29, 0.717) is 11.5 Å². The highest BCUT2D eigenvalue weighted by Gasteiger charge is 2.06. The van der Waals surface area contributed by atoms with Crippen LogP contribution in [0.2, 0.25) is 0 Å². The highest BCUT2D eigenvalue weighted by Crippen LogP contribution is 2.28. The van der Waals surface area contributed by atoms with E-state index in [-0.39, 0.29) is 12.5 Å². The van der Waals surface area contributed by atoms with Crippen LogP contribution in [-0.2, 0) is 4.79 Å². The molecule has 0 unspecified atom stereocenters. The molecule has 0 spiro atoms. The molecular formula is C22H25N3O3. The molecule has 0 aliphatic rings. The van der Waals surface area contributed by atoms with Crippen LogP contribution in [0.15, 0.2) is 48.5 Å². The lowest BCUT2D eigenvalue weighted by molar-refractivity contribution is -0.111. The lowest BCUT2D eigenvalue weighted by Gasteiger charge is -2.21. The smallest absolute Gasteiger partial charge is 0.248 e. The highest BCUT2D eigenvalue weighted by atomic mass is 16.5.